The van der Waals surface area contributed by atoms with Gasteiger partial charge in [0.25, 0.3) is 5.69 Å². The SMILES string of the molecule is Cn1ccnc1C(Nc1ccc([N+](=O)[O-])cn1)c1ccc(Cl)cc1. The Hall–Kier alpha value is -2.93. The number of nitro groups is 1. The molecule has 1 atom stereocenters. The van der Waals surface area contributed by atoms with Gasteiger partial charge in [-0.15, -0.1) is 0 Å². The van der Waals surface area contributed by atoms with E-state index < -0.39 is 4.92 Å². The van der Waals surface area contributed by atoms with Crippen molar-refractivity contribution < 1.29 is 4.92 Å². The van der Waals surface area contributed by atoms with Crippen molar-refractivity contribution in [3.05, 3.63) is 81.5 Å². The Morgan fingerprint density at radius 3 is 2.50 bits per heavy atom. The number of hydrogen-bond acceptors (Lipinski definition) is 5. The highest BCUT2D eigenvalue weighted by atomic mass is 35.5. The summed E-state index contributed by atoms with van der Waals surface area (Å²) in [5, 5.41) is 14.6. The van der Waals surface area contributed by atoms with Crippen LogP contribution in [-0.2, 0) is 7.05 Å². The third kappa shape index (κ3) is 3.36. The van der Waals surface area contributed by atoms with Gasteiger partial charge in [-0.3, -0.25) is 10.1 Å². The lowest BCUT2D eigenvalue weighted by atomic mass is 10.1. The van der Waals surface area contributed by atoms with E-state index in [1.54, 1.807) is 24.4 Å². The van der Waals surface area contributed by atoms with E-state index in [0.717, 1.165) is 11.4 Å². The van der Waals surface area contributed by atoms with E-state index in [1.807, 2.05) is 29.9 Å². The van der Waals surface area contributed by atoms with Crippen molar-refractivity contribution in [3.8, 4) is 0 Å². The van der Waals surface area contributed by atoms with Crippen molar-refractivity contribution in [2.45, 2.75) is 6.04 Å². The van der Waals surface area contributed by atoms with Crippen LogP contribution in [0.1, 0.15) is 17.4 Å². The molecule has 0 aliphatic rings. The number of anilines is 1. The van der Waals surface area contributed by atoms with E-state index in [0.29, 0.717) is 10.8 Å². The monoisotopic (exact) mass is 343 g/mol. The quantitative estimate of drug-likeness (QED) is 0.565. The Balaban J connectivity index is 1.94. The number of hydrogen-bond donors (Lipinski definition) is 1. The van der Waals surface area contributed by atoms with E-state index in [4.69, 9.17) is 11.6 Å². The maximum absolute atomic E-state index is 10.7. The molecule has 2 aromatic heterocycles. The minimum atomic E-state index is -0.480. The van der Waals surface area contributed by atoms with Gasteiger partial charge in [0.1, 0.15) is 23.9 Å². The fraction of sp³-hybridized carbons (Fsp3) is 0.125. The van der Waals surface area contributed by atoms with Gasteiger partial charge in [-0.25, -0.2) is 9.97 Å². The van der Waals surface area contributed by atoms with Crippen LogP contribution >= 0.6 is 11.6 Å². The fourth-order valence-electron chi connectivity index (χ4n) is 2.33. The largest absolute Gasteiger partial charge is 0.356 e. The maximum Gasteiger partial charge on any atom is 0.287 e. The minimum Gasteiger partial charge on any atom is -0.356 e. The number of nitrogens with one attached hydrogen (secondary N) is 1. The summed E-state index contributed by atoms with van der Waals surface area (Å²) in [6.07, 6.45) is 4.78. The lowest BCUT2D eigenvalue weighted by Gasteiger charge is -2.19. The van der Waals surface area contributed by atoms with Crippen LogP contribution in [0.15, 0.2) is 55.0 Å². The second-order valence-corrected chi connectivity index (χ2v) is 5.62. The van der Waals surface area contributed by atoms with Gasteiger partial charge in [-0.2, -0.15) is 0 Å². The molecule has 7 nitrogen and oxygen atoms in total. The molecule has 0 amide bonds. The van der Waals surface area contributed by atoms with E-state index in [9.17, 15) is 10.1 Å². The van der Waals surface area contributed by atoms with Crippen molar-refractivity contribution in [3.63, 3.8) is 0 Å². The molecular weight excluding hydrogens is 330 g/mol. The summed E-state index contributed by atoms with van der Waals surface area (Å²) < 4.78 is 1.90. The second-order valence-electron chi connectivity index (χ2n) is 5.18. The van der Waals surface area contributed by atoms with Crippen LogP contribution in [0.3, 0.4) is 0 Å². The first-order valence-corrected chi connectivity index (χ1v) is 7.52. The van der Waals surface area contributed by atoms with Crippen LogP contribution in [0, 0.1) is 10.1 Å². The normalized spacial score (nSPS) is 11.9. The number of imidazole rings is 1. The molecule has 24 heavy (non-hydrogen) atoms. The molecule has 1 unspecified atom stereocenters. The van der Waals surface area contributed by atoms with Gasteiger partial charge < -0.3 is 9.88 Å². The Morgan fingerprint density at radius 2 is 1.96 bits per heavy atom. The van der Waals surface area contributed by atoms with E-state index >= 15 is 0 Å². The Bertz CT molecular complexity index is 846. The standard InChI is InChI=1S/C16H14ClN5O2/c1-21-9-8-18-16(21)15(11-2-4-12(17)5-3-11)20-14-7-6-13(10-19-14)22(23)24/h2-10,15H,1H3,(H,19,20). The smallest absolute Gasteiger partial charge is 0.287 e. The zero-order chi connectivity index (χ0) is 17.1. The highest BCUT2D eigenvalue weighted by molar-refractivity contribution is 6.30. The number of halogens is 1. The van der Waals surface area contributed by atoms with E-state index in [1.165, 1.54) is 12.3 Å². The number of rotatable bonds is 5. The number of aromatic nitrogens is 3. The first kappa shape index (κ1) is 15.9. The molecule has 1 N–H and O–H groups in total. The summed E-state index contributed by atoms with van der Waals surface area (Å²) >= 11 is 5.96. The molecule has 8 heteroatoms. The zero-order valence-corrected chi connectivity index (χ0v) is 13.5. The number of benzene rings is 1. The number of pyridine rings is 1. The average Bonchev–Trinajstić information content (AvgIpc) is 3.00. The van der Waals surface area contributed by atoms with Crippen LogP contribution in [0.4, 0.5) is 11.5 Å². The van der Waals surface area contributed by atoms with Crippen molar-refractivity contribution in [2.24, 2.45) is 7.05 Å². The van der Waals surface area contributed by atoms with Gasteiger partial charge in [0.05, 0.1) is 4.92 Å². The average molecular weight is 344 g/mol. The first-order valence-electron chi connectivity index (χ1n) is 7.14. The third-order valence-electron chi connectivity index (χ3n) is 3.57. The predicted octanol–water partition coefficient (Wildman–Crippen LogP) is 3.58. The van der Waals surface area contributed by atoms with Gasteiger partial charge in [-0.1, -0.05) is 23.7 Å². The highest BCUT2D eigenvalue weighted by Gasteiger charge is 2.19. The molecule has 0 bridgehead atoms. The molecule has 0 saturated carbocycles. The second kappa shape index (κ2) is 6.67. The van der Waals surface area contributed by atoms with Crippen LogP contribution in [0.5, 0.6) is 0 Å². The Morgan fingerprint density at radius 1 is 1.21 bits per heavy atom. The molecule has 0 aliphatic carbocycles. The van der Waals surface area contributed by atoms with Crippen molar-refractivity contribution in [1.29, 1.82) is 0 Å². The molecule has 2 heterocycles. The zero-order valence-electron chi connectivity index (χ0n) is 12.8. The predicted molar refractivity (Wildman–Crippen MR) is 91.0 cm³/mol. The van der Waals surface area contributed by atoms with Crippen molar-refractivity contribution in [2.75, 3.05) is 5.32 Å². The summed E-state index contributed by atoms with van der Waals surface area (Å²) in [6.45, 7) is 0. The van der Waals surface area contributed by atoms with Gasteiger partial charge in [0.15, 0.2) is 0 Å². The van der Waals surface area contributed by atoms with Crippen LogP contribution in [-0.4, -0.2) is 19.5 Å². The van der Waals surface area contributed by atoms with E-state index in [-0.39, 0.29) is 11.7 Å². The van der Waals surface area contributed by atoms with Crippen molar-refractivity contribution >= 4 is 23.1 Å². The summed E-state index contributed by atoms with van der Waals surface area (Å²) in [4.78, 5) is 18.8. The van der Waals surface area contributed by atoms with Gasteiger partial charge in [0, 0.05) is 30.5 Å². The fourth-order valence-corrected chi connectivity index (χ4v) is 2.46. The number of nitrogens with zero attached hydrogens (tertiary/aromatic N) is 4. The molecule has 0 fully saturated rings. The van der Waals surface area contributed by atoms with Crippen LogP contribution < -0.4 is 5.32 Å². The topological polar surface area (TPSA) is 85.9 Å². The van der Waals surface area contributed by atoms with Gasteiger partial charge in [0.2, 0.25) is 0 Å². The number of aryl methyl sites for hydroxylation is 1. The van der Waals surface area contributed by atoms with Crippen LogP contribution in [0.2, 0.25) is 5.02 Å². The first-order chi connectivity index (χ1) is 11.5. The lowest BCUT2D eigenvalue weighted by Crippen LogP contribution is -2.17. The minimum absolute atomic E-state index is 0.0550. The van der Waals surface area contributed by atoms with Crippen molar-refractivity contribution in [1.82, 2.24) is 14.5 Å². The molecule has 3 aromatic rings. The molecule has 0 saturated heterocycles. The summed E-state index contributed by atoms with van der Waals surface area (Å²) in [5.74, 6) is 1.31. The molecule has 1 aromatic carbocycles. The Labute approximate surface area is 143 Å². The molecule has 0 aliphatic heterocycles. The Kier molecular flexibility index (Phi) is 4.43. The molecule has 0 spiro atoms. The highest BCUT2D eigenvalue weighted by Crippen LogP contribution is 2.26. The van der Waals surface area contributed by atoms with E-state index in [2.05, 4.69) is 15.3 Å². The van der Waals surface area contributed by atoms with Gasteiger partial charge in [-0.05, 0) is 23.8 Å². The molecule has 122 valence electrons. The maximum atomic E-state index is 10.7. The molecular formula is C16H14ClN5O2. The third-order valence-corrected chi connectivity index (χ3v) is 3.82. The molecule has 3 rings (SSSR count). The summed E-state index contributed by atoms with van der Waals surface area (Å²) in [6, 6.07) is 10.1. The van der Waals surface area contributed by atoms with Crippen LogP contribution in [0.25, 0.3) is 0 Å². The van der Waals surface area contributed by atoms with Gasteiger partial charge >= 0.3 is 0 Å². The lowest BCUT2D eigenvalue weighted by molar-refractivity contribution is -0.385. The summed E-state index contributed by atoms with van der Waals surface area (Å²) in [5.41, 5.74) is 0.898. The summed E-state index contributed by atoms with van der Waals surface area (Å²) in [7, 11) is 1.90. The molecule has 0 radical (unpaired) electrons.